The predicted octanol–water partition coefficient (Wildman–Crippen LogP) is 2.14. The molecule has 23 heavy (non-hydrogen) atoms. The van der Waals surface area contributed by atoms with Crippen LogP contribution in [-0.2, 0) is 19.1 Å². The summed E-state index contributed by atoms with van der Waals surface area (Å²) in [6.07, 6.45) is 1.41. The van der Waals surface area contributed by atoms with E-state index < -0.39 is 29.7 Å². The highest BCUT2D eigenvalue weighted by atomic mass is 16.6. The average molecular weight is 330 g/mol. The van der Waals surface area contributed by atoms with Crippen LogP contribution >= 0.6 is 0 Å². The summed E-state index contributed by atoms with van der Waals surface area (Å²) in [5.41, 5.74) is -0.628. The van der Waals surface area contributed by atoms with Gasteiger partial charge in [0, 0.05) is 13.0 Å². The third-order valence-corrected chi connectivity index (χ3v) is 2.36. The van der Waals surface area contributed by atoms with Crippen molar-refractivity contribution in [3.8, 4) is 0 Å². The van der Waals surface area contributed by atoms with Crippen molar-refractivity contribution in [1.29, 1.82) is 0 Å². The quantitative estimate of drug-likeness (QED) is 0.753. The molecule has 0 aliphatic heterocycles. The smallest absolute Gasteiger partial charge is 0.407 e. The highest BCUT2D eigenvalue weighted by Crippen LogP contribution is 2.18. The summed E-state index contributed by atoms with van der Waals surface area (Å²) in [4.78, 5) is 34.3. The van der Waals surface area contributed by atoms with Crippen LogP contribution in [0.15, 0.2) is 0 Å². The van der Waals surface area contributed by atoms with E-state index in [-0.39, 0.29) is 12.6 Å². The van der Waals surface area contributed by atoms with Crippen LogP contribution in [-0.4, -0.2) is 42.3 Å². The van der Waals surface area contributed by atoms with E-state index in [9.17, 15) is 14.4 Å². The minimum atomic E-state index is -1.04. The maximum Gasteiger partial charge on any atom is 0.407 e. The molecule has 0 aromatic heterocycles. The van der Waals surface area contributed by atoms with Crippen LogP contribution in [0.3, 0.4) is 0 Å². The number of esters is 1. The van der Waals surface area contributed by atoms with Gasteiger partial charge in [-0.1, -0.05) is 20.3 Å². The zero-order valence-corrected chi connectivity index (χ0v) is 15.0. The van der Waals surface area contributed by atoms with Crippen LogP contribution < -0.4 is 10.6 Å². The Balaban J connectivity index is 0.00000149. The van der Waals surface area contributed by atoms with Crippen molar-refractivity contribution in [2.45, 2.75) is 78.6 Å². The number of hydrogen-bond donors (Lipinski definition) is 2. The van der Waals surface area contributed by atoms with Gasteiger partial charge in [0.25, 0.3) is 5.91 Å². The fourth-order valence-electron chi connectivity index (χ4n) is 1.40. The number of rotatable bonds is 5. The van der Waals surface area contributed by atoms with E-state index in [0.29, 0.717) is 0 Å². The Kier molecular flexibility index (Phi) is 9.29. The fourth-order valence-corrected chi connectivity index (χ4v) is 1.40. The Labute approximate surface area is 138 Å². The number of nitrogens with one attached hydrogen (secondary N) is 2. The Morgan fingerprint density at radius 2 is 1.70 bits per heavy atom. The third-order valence-electron chi connectivity index (χ3n) is 2.36. The molecule has 1 saturated carbocycles. The molecule has 0 aromatic rings. The number of amides is 2. The molecule has 1 aliphatic carbocycles. The van der Waals surface area contributed by atoms with E-state index in [1.807, 2.05) is 0 Å². The molecule has 1 unspecified atom stereocenters. The Bertz CT molecular complexity index is 400. The van der Waals surface area contributed by atoms with E-state index in [2.05, 4.69) is 24.5 Å². The topological polar surface area (TPSA) is 93.7 Å². The fraction of sp³-hybridized carbons (Fsp3) is 0.812. The van der Waals surface area contributed by atoms with Crippen LogP contribution in [0.2, 0.25) is 0 Å². The van der Waals surface area contributed by atoms with Crippen molar-refractivity contribution in [2.24, 2.45) is 0 Å². The molecule has 0 spiro atoms. The highest BCUT2D eigenvalue weighted by molar-refractivity contribution is 5.84. The number of hydrogen-bond acceptors (Lipinski definition) is 5. The lowest BCUT2D eigenvalue weighted by Gasteiger charge is -2.21. The van der Waals surface area contributed by atoms with Crippen molar-refractivity contribution >= 4 is 18.0 Å². The van der Waals surface area contributed by atoms with Crippen LogP contribution in [0.5, 0.6) is 0 Å². The number of alkyl carbamates (subject to hydrolysis) is 1. The van der Waals surface area contributed by atoms with Crippen molar-refractivity contribution < 1.29 is 23.9 Å². The first-order chi connectivity index (χ1) is 10.6. The lowest BCUT2D eigenvalue weighted by molar-refractivity contribution is -0.153. The van der Waals surface area contributed by atoms with Crippen LogP contribution in [0.25, 0.3) is 0 Å². The Morgan fingerprint density at radius 3 is 2.09 bits per heavy atom. The van der Waals surface area contributed by atoms with Gasteiger partial charge in [-0.05, 0) is 33.6 Å². The number of carbonyl (C=O) groups is 3. The predicted molar refractivity (Wildman–Crippen MR) is 86.9 cm³/mol. The van der Waals surface area contributed by atoms with Crippen molar-refractivity contribution in [2.75, 3.05) is 6.54 Å². The molecule has 1 rings (SSSR count). The minimum Gasteiger partial charge on any atom is -0.451 e. The second-order valence-corrected chi connectivity index (χ2v) is 6.47. The molecule has 1 fully saturated rings. The van der Waals surface area contributed by atoms with E-state index >= 15 is 0 Å². The lowest BCUT2D eigenvalue weighted by Crippen LogP contribution is -2.46. The molecule has 0 saturated heterocycles. The molecule has 0 aromatic carbocycles. The lowest BCUT2D eigenvalue weighted by atomic mass is 10.2. The first kappa shape index (κ1) is 21.2. The molecular weight excluding hydrogens is 300 g/mol. The van der Waals surface area contributed by atoms with Gasteiger partial charge in [-0.25, -0.2) is 4.79 Å². The van der Waals surface area contributed by atoms with Gasteiger partial charge in [0.1, 0.15) is 5.60 Å². The van der Waals surface area contributed by atoms with Gasteiger partial charge in [-0.3, -0.25) is 9.59 Å². The maximum absolute atomic E-state index is 11.8. The summed E-state index contributed by atoms with van der Waals surface area (Å²) in [5, 5.41) is 5.14. The number of ether oxygens (including phenoxy) is 2. The van der Waals surface area contributed by atoms with Gasteiger partial charge < -0.3 is 20.1 Å². The molecule has 2 amide bonds. The monoisotopic (exact) mass is 330 g/mol. The Hall–Kier alpha value is -1.79. The molecule has 1 atom stereocenters. The molecule has 0 radical (unpaired) electrons. The normalized spacial score (nSPS) is 14.7. The zero-order valence-electron chi connectivity index (χ0n) is 15.0. The molecule has 0 heterocycles. The summed E-state index contributed by atoms with van der Waals surface area (Å²) in [5.74, 6) is -0.981. The van der Waals surface area contributed by atoms with E-state index in [1.165, 1.54) is 13.3 Å². The first-order valence-electron chi connectivity index (χ1n) is 8.03. The molecule has 1 aliphatic rings. The van der Waals surface area contributed by atoms with Gasteiger partial charge >= 0.3 is 12.1 Å². The number of carbonyl (C=O) groups excluding carboxylic acids is 3. The third kappa shape index (κ3) is 12.4. The van der Waals surface area contributed by atoms with Crippen LogP contribution in [0.1, 0.15) is 60.8 Å². The van der Waals surface area contributed by atoms with Crippen LogP contribution in [0.4, 0.5) is 4.79 Å². The van der Waals surface area contributed by atoms with Crippen molar-refractivity contribution in [1.82, 2.24) is 10.6 Å². The van der Waals surface area contributed by atoms with Gasteiger partial charge in [0.05, 0.1) is 6.54 Å². The van der Waals surface area contributed by atoms with Crippen LogP contribution in [0, 0.1) is 0 Å². The SMILES string of the molecule is CC(=O)OC(CNC(=O)OC(C)(C)C)C(=O)NC1CC1.CCC. The van der Waals surface area contributed by atoms with Crippen molar-refractivity contribution in [3.05, 3.63) is 0 Å². The molecule has 7 nitrogen and oxygen atoms in total. The maximum atomic E-state index is 11.8. The summed E-state index contributed by atoms with van der Waals surface area (Å²) < 4.78 is 9.94. The standard InChI is InChI=1S/C13H22N2O5.C3H8/c1-8(16)19-10(11(17)15-9-5-6-9)7-14-12(18)20-13(2,3)4;1-3-2/h9-10H,5-7H2,1-4H3,(H,14,18)(H,15,17);3H2,1-2H3. The van der Waals surface area contributed by atoms with E-state index in [1.54, 1.807) is 20.8 Å². The minimum absolute atomic E-state index is 0.118. The highest BCUT2D eigenvalue weighted by Gasteiger charge is 2.29. The largest absolute Gasteiger partial charge is 0.451 e. The van der Waals surface area contributed by atoms with Gasteiger partial charge in [0.2, 0.25) is 0 Å². The summed E-state index contributed by atoms with van der Waals surface area (Å²) >= 11 is 0. The molecule has 2 N–H and O–H groups in total. The second kappa shape index (κ2) is 10.1. The van der Waals surface area contributed by atoms with E-state index in [4.69, 9.17) is 9.47 Å². The summed E-state index contributed by atoms with van der Waals surface area (Å²) in [7, 11) is 0. The molecule has 7 heteroatoms. The van der Waals surface area contributed by atoms with Gasteiger partial charge in [-0.15, -0.1) is 0 Å². The second-order valence-electron chi connectivity index (χ2n) is 6.47. The molecule has 134 valence electrons. The Morgan fingerprint density at radius 1 is 1.17 bits per heavy atom. The van der Waals surface area contributed by atoms with Crippen molar-refractivity contribution in [3.63, 3.8) is 0 Å². The average Bonchev–Trinajstić information content (AvgIpc) is 3.16. The van der Waals surface area contributed by atoms with Gasteiger partial charge in [-0.2, -0.15) is 0 Å². The molecule has 0 bridgehead atoms. The summed E-state index contributed by atoms with van der Waals surface area (Å²) in [6, 6.07) is 0.155. The molecular formula is C16H30N2O5. The first-order valence-corrected chi connectivity index (χ1v) is 8.03. The zero-order chi connectivity index (χ0) is 18.0. The van der Waals surface area contributed by atoms with Gasteiger partial charge in [0.15, 0.2) is 6.10 Å². The summed E-state index contributed by atoms with van der Waals surface area (Å²) in [6.45, 7) is 10.5. The van der Waals surface area contributed by atoms with E-state index in [0.717, 1.165) is 12.8 Å².